The lowest BCUT2D eigenvalue weighted by molar-refractivity contribution is -0.384. The first-order valence-corrected chi connectivity index (χ1v) is 9.04. The number of benzene rings is 2. The molecular weight excluding hydrogens is 368 g/mol. The maximum atomic E-state index is 11.2. The van der Waals surface area contributed by atoms with Gasteiger partial charge in [0.25, 0.3) is 5.69 Å². The van der Waals surface area contributed by atoms with Crippen LogP contribution in [0.3, 0.4) is 0 Å². The molecule has 1 aliphatic heterocycles. The molecule has 0 bridgehead atoms. The molecule has 27 heavy (non-hydrogen) atoms. The monoisotopic (exact) mass is 386 g/mol. The molecular formula is C20H19ClN2O4. The van der Waals surface area contributed by atoms with Crippen LogP contribution in [-0.4, -0.2) is 19.1 Å². The summed E-state index contributed by atoms with van der Waals surface area (Å²) < 4.78 is 11.0. The van der Waals surface area contributed by atoms with Crippen LogP contribution >= 0.6 is 11.6 Å². The minimum Gasteiger partial charge on any atom is -0.497 e. The lowest BCUT2D eigenvalue weighted by Gasteiger charge is -2.38. The summed E-state index contributed by atoms with van der Waals surface area (Å²) in [5.74, 6) is 1.77. The minimum atomic E-state index is -0.396. The highest BCUT2D eigenvalue weighted by Crippen LogP contribution is 2.54. The van der Waals surface area contributed by atoms with Crippen LogP contribution in [-0.2, 0) is 0 Å². The average Bonchev–Trinajstić information content (AvgIpc) is 3.17. The van der Waals surface area contributed by atoms with Crippen LogP contribution < -0.4 is 14.8 Å². The van der Waals surface area contributed by atoms with E-state index >= 15 is 0 Å². The van der Waals surface area contributed by atoms with E-state index < -0.39 is 4.92 Å². The lowest BCUT2D eigenvalue weighted by Crippen LogP contribution is -2.29. The molecule has 0 fully saturated rings. The first kappa shape index (κ1) is 17.7. The fourth-order valence-corrected chi connectivity index (χ4v) is 4.35. The number of methoxy groups -OCH3 is 2. The van der Waals surface area contributed by atoms with Gasteiger partial charge in [0.1, 0.15) is 11.5 Å². The molecule has 6 nitrogen and oxygen atoms in total. The number of allylic oxidation sites excluding steroid dienone is 2. The second-order valence-corrected chi connectivity index (χ2v) is 7.14. The van der Waals surface area contributed by atoms with Crippen LogP contribution in [0.1, 0.15) is 29.5 Å². The number of nitro benzene ring substituents is 1. The number of fused-ring (bicyclic) bond motifs is 3. The van der Waals surface area contributed by atoms with Crippen molar-refractivity contribution in [2.45, 2.75) is 18.4 Å². The van der Waals surface area contributed by atoms with Gasteiger partial charge in [-0.1, -0.05) is 23.8 Å². The molecule has 4 rings (SSSR count). The van der Waals surface area contributed by atoms with Gasteiger partial charge in [-0.25, -0.2) is 0 Å². The summed E-state index contributed by atoms with van der Waals surface area (Å²) in [5.41, 5.74) is 2.74. The van der Waals surface area contributed by atoms with Gasteiger partial charge >= 0.3 is 0 Å². The molecule has 2 aromatic rings. The molecule has 0 amide bonds. The van der Waals surface area contributed by atoms with Crippen LogP contribution in [0.25, 0.3) is 0 Å². The van der Waals surface area contributed by atoms with Crippen molar-refractivity contribution in [3.63, 3.8) is 0 Å². The lowest BCUT2D eigenvalue weighted by atomic mass is 9.76. The fourth-order valence-electron chi connectivity index (χ4n) is 4.11. The van der Waals surface area contributed by atoms with Crippen LogP contribution in [0.2, 0.25) is 5.02 Å². The van der Waals surface area contributed by atoms with Crippen LogP contribution in [0, 0.1) is 16.0 Å². The van der Waals surface area contributed by atoms with Crippen molar-refractivity contribution >= 4 is 23.0 Å². The molecule has 3 atom stereocenters. The third-order valence-corrected chi connectivity index (χ3v) is 5.73. The van der Waals surface area contributed by atoms with Crippen LogP contribution in [0.4, 0.5) is 11.4 Å². The zero-order chi connectivity index (χ0) is 19.1. The maximum Gasteiger partial charge on any atom is 0.269 e. The third-order valence-electron chi connectivity index (χ3n) is 5.39. The largest absolute Gasteiger partial charge is 0.497 e. The van der Waals surface area contributed by atoms with E-state index in [1.807, 2.05) is 12.1 Å². The van der Waals surface area contributed by atoms with Crippen molar-refractivity contribution < 1.29 is 14.4 Å². The van der Waals surface area contributed by atoms with Crippen molar-refractivity contribution in [1.29, 1.82) is 0 Å². The Morgan fingerprint density at radius 3 is 2.70 bits per heavy atom. The van der Waals surface area contributed by atoms with Crippen LogP contribution in [0.15, 0.2) is 42.5 Å². The average molecular weight is 387 g/mol. The number of ether oxygens (including phenoxy) is 2. The highest BCUT2D eigenvalue weighted by molar-refractivity contribution is 6.31. The van der Waals surface area contributed by atoms with Crippen LogP contribution in [0.5, 0.6) is 11.5 Å². The number of hydrogen-bond donors (Lipinski definition) is 1. The molecule has 2 aliphatic rings. The van der Waals surface area contributed by atoms with E-state index in [1.54, 1.807) is 26.4 Å². The Bertz CT molecular complexity index is 944. The van der Waals surface area contributed by atoms with E-state index in [0.29, 0.717) is 10.8 Å². The standard InChI is InChI=1S/C20H19ClN2O4/c1-26-12-9-15-13-4-3-5-14(13)19(22-20(15)18(10-12)27-2)16-8-11(23(24)25)6-7-17(16)21/h3-4,6-10,13-14,19,22H,5H2,1-2H3/t13-,14+,19-/m0/s1. The number of nitro groups is 1. The number of rotatable bonds is 4. The number of anilines is 1. The fraction of sp³-hybridized carbons (Fsp3) is 0.300. The van der Waals surface area contributed by atoms with Crippen molar-refractivity contribution in [3.8, 4) is 11.5 Å². The van der Waals surface area contributed by atoms with Gasteiger partial charge in [0, 0.05) is 34.7 Å². The topological polar surface area (TPSA) is 73.6 Å². The van der Waals surface area contributed by atoms with Gasteiger partial charge in [0.15, 0.2) is 0 Å². The molecule has 0 saturated carbocycles. The Labute approximate surface area is 161 Å². The molecule has 1 aliphatic carbocycles. The molecule has 0 unspecified atom stereocenters. The molecule has 2 aromatic carbocycles. The summed E-state index contributed by atoms with van der Waals surface area (Å²) in [5, 5.41) is 15.3. The Morgan fingerprint density at radius 2 is 2.00 bits per heavy atom. The molecule has 0 radical (unpaired) electrons. The summed E-state index contributed by atoms with van der Waals surface area (Å²) in [6, 6.07) is 8.27. The quantitative estimate of drug-likeness (QED) is 0.450. The smallest absolute Gasteiger partial charge is 0.269 e. The van der Waals surface area contributed by atoms with Gasteiger partial charge in [-0.15, -0.1) is 0 Å². The van der Waals surface area contributed by atoms with E-state index in [9.17, 15) is 10.1 Å². The summed E-state index contributed by atoms with van der Waals surface area (Å²) in [4.78, 5) is 10.8. The van der Waals surface area contributed by atoms with Gasteiger partial charge in [0.05, 0.1) is 30.9 Å². The zero-order valence-corrected chi connectivity index (χ0v) is 15.7. The minimum absolute atomic E-state index is 0.0335. The Hall–Kier alpha value is -2.73. The van der Waals surface area contributed by atoms with Crippen molar-refractivity contribution in [1.82, 2.24) is 0 Å². The van der Waals surface area contributed by atoms with E-state index in [4.69, 9.17) is 21.1 Å². The molecule has 1 N–H and O–H groups in total. The van der Waals surface area contributed by atoms with Gasteiger partial charge < -0.3 is 14.8 Å². The SMILES string of the molecule is COc1cc(OC)c2c(c1)[C@H]1C=CC[C@H]1[C@@H](c1cc([N+](=O)[O-])ccc1Cl)N2. The van der Waals surface area contributed by atoms with Gasteiger partial charge in [-0.05, 0) is 30.0 Å². The number of non-ortho nitro benzene ring substituents is 1. The highest BCUT2D eigenvalue weighted by Gasteiger charge is 2.40. The zero-order valence-electron chi connectivity index (χ0n) is 14.9. The van der Waals surface area contributed by atoms with Crippen molar-refractivity contribution in [2.24, 2.45) is 5.92 Å². The summed E-state index contributed by atoms with van der Waals surface area (Å²) in [6.07, 6.45) is 5.19. The molecule has 140 valence electrons. The molecule has 1 heterocycles. The Balaban J connectivity index is 1.85. The van der Waals surface area contributed by atoms with E-state index in [2.05, 4.69) is 17.5 Å². The second-order valence-electron chi connectivity index (χ2n) is 6.73. The summed E-state index contributed by atoms with van der Waals surface area (Å²) >= 11 is 6.44. The van der Waals surface area contributed by atoms with E-state index in [-0.39, 0.29) is 23.6 Å². The number of nitrogens with zero attached hydrogens (tertiary/aromatic N) is 1. The van der Waals surface area contributed by atoms with E-state index in [0.717, 1.165) is 29.0 Å². The first-order valence-electron chi connectivity index (χ1n) is 8.66. The van der Waals surface area contributed by atoms with Crippen molar-refractivity contribution in [3.05, 3.63) is 68.7 Å². The molecule has 7 heteroatoms. The number of hydrogen-bond acceptors (Lipinski definition) is 5. The summed E-state index contributed by atoms with van der Waals surface area (Å²) in [6.45, 7) is 0. The van der Waals surface area contributed by atoms with Gasteiger partial charge in [0.2, 0.25) is 0 Å². The molecule has 0 aromatic heterocycles. The van der Waals surface area contributed by atoms with Crippen molar-refractivity contribution in [2.75, 3.05) is 19.5 Å². The Morgan fingerprint density at radius 1 is 1.19 bits per heavy atom. The number of nitrogens with one attached hydrogen (secondary N) is 1. The predicted octanol–water partition coefficient (Wildman–Crippen LogP) is 5.09. The highest BCUT2D eigenvalue weighted by atomic mass is 35.5. The predicted molar refractivity (Wildman–Crippen MR) is 104 cm³/mol. The second kappa shape index (κ2) is 6.78. The molecule has 0 spiro atoms. The normalized spacial score (nSPS) is 22.6. The Kier molecular flexibility index (Phi) is 4.44. The maximum absolute atomic E-state index is 11.2. The van der Waals surface area contributed by atoms with Gasteiger partial charge in [-0.2, -0.15) is 0 Å². The van der Waals surface area contributed by atoms with Gasteiger partial charge in [-0.3, -0.25) is 10.1 Å². The third kappa shape index (κ3) is 2.90. The number of halogens is 1. The molecule has 0 saturated heterocycles. The summed E-state index contributed by atoms with van der Waals surface area (Å²) in [7, 11) is 3.24. The van der Waals surface area contributed by atoms with E-state index in [1.165, 1.54) is 6.07 Å². The first-order chi connectivity index (χ1) is 13.0.